The van der Waals surface area contributed by atoms with Crippen LogP contribution in [-0.2, 0) is 6.54 Å². The summed E-state index contributed by atoms with van der Waals surface area (Å²) in [4.78, 5) is 12.6. The molecular formula is C16H16ClN7O. The molecular weight excluding hydrogens is 342 g/mol. The van der Waals surface area contributed by atoms with Crippen molar-refractivity contribution in [3.05, 3.63) is 24.5 Å². The molecule has 0 saturated heterocycles. The topological polar surface area (TPSA) is 122 Å². The molecule has 0 unspecified atom stereocenters. The highest BCUT2D eigenvalue weighted by molar-refractivity contribution is 6.17. The summed E-state index contributed by atoms with van der Waals surface area (Å²) in [6.07, 6.45) is 3.26. The van der Waals surface area contributed by atoms with Crippen molar-refractivity contribution in [2.45, 2.75) is 19.4 Å². The monoisotopic (exact) mass is 357 g/mol. The number of oxazole rings is 1. The van der Waals surface area contributed by atoms with Crippen LogP contribution in [0.2, 0.25) is 0 Å². The molecule has 0 aliphatic rings. The van der Waals surface area contributed by atoms with Gasteiger partial charge < -0.3 is 15.9 Å². The van der Waals surface area contributed by atoms with Gasteiger partial charge in [-0.15, -0.1) is 11.6 Å². The van der Waals surface area contributed by atoms with Gasteiger partial charge in [0.05, 0.1) is 5.39 Å². The standard InChI is InChI=1S/C16H16ClN7O/c17-5-1-2-6-24-15-12(14(18)20-8-21-15)13(23-24)9-3-4-11-10(7-9)22-16(19)25-11/h3-4,7-8H,1-2,5-6H2,(H2,19,22)(H2,18,20,21). The summed E-state index contributed by atoms with van der Waals surface area (Å²) < 4.78 is 7.16. The van der Waals surface area contributed by atoms with Crippen LogP contribution in [0.15, 0.2) is 28.9 Å². The van der Waals surface area contributed by atoms with E-state index < -0.39 is 0 Å². The minimum atomic E-state index is 0.131. The molecule has 0 aliphatic carbocycles. The van der Waals surface area contributed by atoms with E-state index in [9.17, 15) is 0 Å². The van der Waals surface area contributed by atoms with Gasteiger partial charge in [-0.2, -0.15) is 10.1 Å². The van der Waals surface area contributed by atoms with Crippen LogP contribution in [0.1, 0.15) is 12.8 Å². The first-order valence-electron chi connectivity index (χ1n) is 7.87. The lowest BCUT2D eigenvalue weighted by Gasteiger charge is -2.01. The van der Waals surface area contributed by atoms with E-state index in [1.807, 2.05) is 22.9 Å². The fourth-order valence-electron chi connectivity index (χ4n) is 2.84. The van der Waals surface area contributed by atoms with Crippen LogP contribution in [0, 0.1) is 0 Å². The average molecular weight is 358 g/mol. The number of nitrogens with zero attached hydrogens (tertiary/aromatic N) is 5. The molecule has 0 saturated carbocycles. The molecule has 8 nitrogen and oxygen atoms in total. The molecule has 9 heteroatoms. The Morgan fingerprint density at radius 3 is 2.88 bits per heavy atom. The van der Waals surface area contributed by atoms with Gasteiger partial charge in [-0.25, -0.2) is 14.6 Å². The Morgan fingerprint density at radius 2 is 2.04 bits per heavy atom. The third-order valence-corrected chi connectivity index (χ3v) is 4.26. The molecule has 4 aromatic rings. The third kappa shape index (κ3) is 2.74. The van der Waals surface area contributed by atoms with Crippen molar-refractivity contribution in [2.75, 3.05) is 17.3 Å². The maximum atomic E-state index is 6.10. The molecule has 25 heavy (non-hydrogen) atoms. The van der Waals surface area contributed by atoms with Crippen LogP contribution in [-0.4, -0.2) is 30.6 Å². The van der Waals surface area contributed by atoms with E-state index in [-0.39, 0.29) is 6.01 Å². The number of rotatable bonds is 5. The normalized spacial score (nSPS) is 11.6. The summed E-state index contributed by atoms with van der Waals surface area (Å²) in [5.74, 6) is 1.01. The van der Waals surface area contributed by atoms with Crippen LogP contribution in [0.4, 0.5) is 11.8 Å². The van der Waals surface area contributed by atoms with Gasteiger partial charge in [0.2, 0.25) is 0 Å². The number of nitrogens with two attached hydrogens (primary N) is 2. The van der Waals surface area contributed by atoms with Gasteiger partial charge in [0.25, 0.3) is 6.01 Å². The predicted molar refractivity (Wildman–Crippen MR) is 97.1 cm³/mol. The second kappa shape index (κ2) is 6.21. The summed E-state index contributed by atoms with van der Waals surface area (Å²) >= 11 is 5.77. The molecule has 0 spiro atoms. The number of alkyl halides is 1. The van der Waals surface area contributed by atoms with Gasteiger partial charge in [0.15, 0.2) is 11.2 Å². The summed E-state index contributed by atoms with van der Waals surface area (Å²) in [7, 11) is 0. The Kier molecular flexibility index (Phi) is 3.89. The average Bonchev–Trinajstić information content (AvgIpc) is 3.15. The van der Waals surface area contributed by atoms with Gasteiger partial charge in [0, 0.05) is 18.0 Å². The zero-order valence-electron chi connectivity index (χ0n) is 13.3. The first-order chi connectivity index (χ1) is 12.2. The van der Waals surface area contributed by atoms with E-state index in [0.717, 1.165) is 23.8 Å². The molecule has 4 rings (SSSR count). The number of benzene rings is 1. The van der Waals surface area contributed by atoms with Crippen molar-refractivity contribution in [3.63, 3.8) is 0 Å². The van der Waals surface area contributed by atoms with Crippen LogP contribution in [0.25, 0.3) is 33.4 Å². The maximum Gasteiger partial charge on any atom is 0.292 e. The number of halogens is 1. The largest absolute Gasteiger partial charge is 0.424 e. The predicted octanol–water partition coefficient (Wildman–Crippen LogP) is 2.82. The third-order valence-electron chi connectivity index (χ3n) is 3.99. The van der Waals surface area contributed by atoms with Crippen LogP contribution >= 0.6 is 11.6 Å². The highest BCUT2D eigenvalue weighted by Gasteiger charge is 2.17. The van der Waals surface area contributed by atoms with E-state index >= 15 is 0 Å². The van der Waals surface area contributed by atoms with E-state index in [1.54, 1.807) is 0 Å². The van der Waals surface area contributed by atoms with Crippen LogP contribution in [0.3, 0.4) is 0 Å². The highest BCUT2D eigenvalue weighted by atomic mass is 35.5. The van der Waals surface area contributed by atoms with Crippen molar-refractivity contribution in [1.82, 2.24) is 24.7 Å². The Balaban J connectivity index is 1.87. The maximum absolute atomic E-state index is 6.10. The fourth-order valence-corrected chi connectivity index (χ4v) is 3.03. The van der Waals surface area contributed by atoms with Crippen molar-refractivity contribution >= 4 is 45.6 Å². The molecule has 3 aromatic heterocycles. The van der Waals surface area contributed by atoms with Crippen molar-refractivity contribution < 1.29 is 4.42 Å². The number of unbranched alkanes of at least 4 members (excludes halogenated alkanes) is 1. The second-order valence-electron chi connectivity index (χ2n) is 5.66. The molecule has 0 amide bonds. The summed E-state index contributed by atoms with van der Waals surface area (Å²) in [6, 6.07) is 5.70. The fraction of sp³-hybridized carbons (Fsp3) is 0.250. The molecule has 0 fully saturated rings. The Morgan fingerprint density at radius 1 is 1.16 bits per heavy atom. The minimum absolute atomic E-state index is 0.131. The molecule has 0 bridgehead atoms. The van der Waals surface area contributed by atoms with Gasteiger partial charge in [0.1, 0.15) is 23.4 Å². The van der Waals surface area contributed by atoms with E-state index in [4.69, 9.17) is 32.6 Å². The Bertz CT molecular complexity index is 1060. The summed E-state index contributed by atoms with van der Waals surface area (Å²) in [5, 5.41) is 5.43. The second-order valence-corrected chi connectivity index (χ2v) is 6.04. The zero-order valence-corrected chi connectivity index (χ0v) is 14.1. The molecule has 0 atom stereocenters. The number of hydrogen-bond donors (Lipinski definition) is 2. The molecule has 3 heterocycles. The summed E-state index contributed by atoms with van der Waals surface area (Å²) in [6.45, 7) is 0.707. The molecule has 0 radical (unpaired) electrons. The van der Waals surface area contributed by atoms with Gasteiger partial charge in [-0.1, -0.05) is 0 Å². The van der Waals surface area contributed by atoms with Crippen molar-refractivity contribution in [2.24, 2.45) is 0 Å². The minimum Gasteiger partial charge on any atom is -0.424 e. The number of aryl methyl sites for hydroxylation is 1. The lowest BCUT2D eigenvalue weighted by Crippen LogP contribution is -2.02. The van der Waals surface area contributed by atoms with Gasteiger partial charge in [-0.05, 0) is 31.0 Å². The SMILES string of the molecule is Nc1nc2cc(-c3nn(CCCCCl)c4ncnc(N)c34)ccc2o1. The lowest BCUT2D eigenvalue weighted by atomic mass is 10.1. The molecule has 128 valence electrons. The number of hydrogen-bond acceptors (Lipinski definition) is 7. The van der Waals surface area contributed by atoms with Crippen LogP contribution in [0.5, 0.6) is 0 Å². The first-order valence-corrected chi connectivity index (χ1v) is 8.40. The van der Waals surface area contributed by atoms with E-state index in [2.05, 4.69) is 15.0 Å². The van der Waals surface area contributed by atoms with Gasteiger partial charge >= 0.3 is 0 Å². The zero-order chi connectivity index (χ0) is 17.4. The van der Waals surface area contributed by atoms with Gasteiger partial charge in [-0.3, -0.25) is 0 Å². The highest BCUT2D eigenvalue weighted by Crippen LogP contribution is 2.32. The van der Waals surface area contributed by atoms with Crippen molar-refractivity contribution in [3.8, 4) is 11.3 Å². The smallest absolute Gasteiger partial charge is 0.292 e. The van der Waals surface area contributed by atoms with E-state index in [0.29, 0.717) is 40.7 Å². The molecule has 1 aromatic carbocycles. The van der Waals surface area contributed by atoms with Crippen LogP contribution < -0.4 is 11.5 Å². The Labute approximate surface area is 147 Å². The molecule has 0 aliphatic heterocycles. The number of nitrogen functional groups attached to an aromatic ring is 2. The first kappa shape index (κ1) is 15.6. The number of fused-ring (bicyclic) bond motifs is 2. The number of aromatic nitrogens is 5. The number of anilines is 2. The van der Waals surface area contributed by atoms with Crippen molar-refractivity contribution in [1.29, 1.82) is 0 Å². The lowest BCUT2D eigenvalue weighted by molar-refractivity contribution is 0.587. The summed E-state index contributed by atoms with van der Waals surface area (Å²) in [5.41, 5.74) is 15.3. The quantitative estimate of drug-likeness (QED) is 0.416. The molecule has 4 N–H and O–H groups in total. The Hall–Kier alpha value is -2.87. The van der Waals surface area contributed by atoms with E-state index in [1.165, 1.54) is 6.33 Å².